The molecule has 4 heteroatoms. The summed E-state index contributed by atoms with van der Waals surface area (Å²) in [5.41, 5.74) is 0. The van der Waals surface area contributed by atoms with Gasteiger partial charge in [-0.25, -0.2) is 0 Å². The lowest BCUT2D eigenvalue weighted by molar-refractivity contribution is -0.121. The lowest BCUT2D eigenvalue weighted by Gasteiger charge is -2.21. The summed E-state index contributed by atoms with van der Waals surface area (Å²) in [7, 11) is 0. The maximum absolute atomic E-state index is 11.2. The van der Waals surface area contributed by atoms with Crippen LogP contribution in [0.2, 0.25) is 0 Å². The van der Waals surface area contributed by atoms with Crippen LogP contribution in [-0.2, 0) is 4.79 Å². The number of nitrogens with one attached hydrogen (secondary N) is 1. The van der Waals surface area contributed by atoms with Crippen molar-refractivity contribution in [2.24, 2.45) is 0 Å². The maximum atomic E-state index is 11.2. The van der Waals surface area contributed by atoms with Crippen molar-refractivity contribution in [1.82, 2.24) is 5.32 Å². The summed E-state index contributed by atoms with van der Waals surface area (Å²) in [5, 5.41) is 11.9. The Morgan fingerprint density at radius 2 is 2.23 bits per heavy atom. The van der Waals surface area contributed by atoms with Gasteiger partial charge in [-0.2, -0.15) is 11.8 Å². The van der Waals surface area contributed by atoms with Gasteiger partial charge >= 0.3 is 0 Å². The van der Waals surface area contributed by atoms with Crippen molar-refractivity contribution in [2.45, 2.75) is 38.0 Å². The van der Waals surface area contributed by atoms with Crippen molar-refractivity contribution in [3.8, 4) is 0 Å². The third-order valence-corrected chi connectivity index (χ3v) is 3.07. The number of aliphatic hydroxyl groups is 1. The number of carbonyl (C=O) groups excluding carboxylic acids is 1. The van der Waals surface area contributed by atoms with Crippen LogP contribution in [0.5, 0.6) is 0 Å². The number of amides is 1. The quantitative estimate of drug-likeness (QED) is 0.680. The minimum Gasteiger partial charge on any atom is -0.395 e. The Labute approximate surface area is 84.3 Å². The van der Waals surface area contributed by atoms with E-state index < -0.39 is 0 Å². The van der Waals surface area contributed by atoms with E-state index in [-0.39, 0.29) is 23.8 Å². The average Bonchev–Trinajstić information content (AvgIpc) is 2.06. The molecule has 0 heterocycles. The standard InChI is InChI=1S/C9H19NO2S/c1-4-5-9(12)10-7(2)8(6-11)13-3/h7-8,11H,4-6H2,1-3H3,(H,10,12). The number of rotatable bonds is 6. The van der Waals surface area contributed by atoms with E-state index in [2.05, 4.69) is 5.32 Å². The van der Waals surface area contributed by atoms with E-state index in [0.717, 1.165) is 6.42 Å². The second kappa shape index (κ2) is 7.21. The molecule has 0 rings (SSSR count). The van der Waals surface area contributed by atoms with Crippen LogP contribution < -0.4 is 5.32 Å². The summed E-state index contributed by atoms with van der Waals surface area (Å²) < 4.78 is 0. The predicted octanol–water partition coefficient (Wildman–Crippen LogP) is 1.02. The molecule has 0 aliphatic heterocycles. The van der Waals surface area contributed by atoms with Gasteiger partial charge in [0.1, 0.15) is 0 Å². The van der Waals surface area contributed by atoms with Gasteiger partial charge in [-0.3, -0.25) is 4.79 Å². The molecule has 0 saturated carbocycles. The van der Waals surface area contributed by atoms with Crippen molar-refractivity contribution in [1.29, 1.82) is 0 Å². The highest BCUT2D eigenvalue weighted by Gasteiger charge is 2.16. The SMILES string of the molecule is CCCC(=O)NC(C)C(CO)SC. The fourth-order valence-electron chi connectivity index (χ4n) is 1.08. The molecule has 2 atom stereocenters. The highest BCUT2D eigenvalue weighted by atomic mass is 32.2. The van der Waals surface area contributed by atoms with E-state index >= 15 is 0 Å². The topological polar surface area (TPSA) is 49.3 Å². The Bertz CT molecular complexity index is 149. The molecule has 0 aliphatic rings. The highest BCUT2D eigenvalue weighted by molar-refractivity contribution is 7.99. The molecule has 0 aromatic heterocycles. The second-order valence-electron chi connectivity index (χ2n) is 3.06. The first-order valence-electron chi connectivity index (χ1n) is 4.58. The van der Waals surface area contributed by atoms with E-state index in [1.807, 2.05) is 20.1 Å². The second-order valence-corrected chi connectivity index (χ2v) is 4.14. The molecule has 2 N–H and O–H groups in total. The van der Waals surface area contributed by atoms with Crippen molar-refractivity contribution >= 4 is 17.7 Å². The molecular formula is C9H19NO2S. The van der Waals surface area contributed by atoms with E-state index in [4.69, 9.17) is 5.11 Å². The van der Waals surface area contributed by atoms with Crippen molar-refractivity contribution in [3.63, 3.8) is 0 Å². The van der Waals surface area contributed by atoms with E-state index in [1.165, 1.54) is 0 Å². The fraction of sp³-hybridized carbons (Fsp3) is 0.889. The van der Waals surface area contributed by atoms with Crippen LogP contribution in [0.25, 0.3) is 0 Å². The summed E-state index contributed by atoms with van der Waals surface area (Å²) in [6.45, 7) is 4.00. The van der Waals surface area contributed by atoms with E-state index in [1.54, 1.807) is 11.8 Å². The van der Waals surface area contributed by atoms with Gasteiger partial charge in [0, 0.05) is 17.7 Å². The van der Waals surface area contributed by atoms with E-state index in [0.29, 0.717) is 6.42 Å². The fourth-order valence-corrected chi connectivity index (χ4v) is 1.71. The smallest absolute Gasteiger partial charge is 0.220 e. The largest absolute Gasteiger partial charge is 0.395 e. The van der Waals surface area contributed by atoms with Gasteiger partial charge in [0.25, 0.3) is 0 Å². The van der Waals surface area contributed by atoms with Crippen LogP contribution in [0, 0.1) is 0 Å². The third-order valence-electron chi connectivity index (χ3n) is 1.91. The summed E-state index contributed by atoms with van der Waals surface area (Å²) in [5.74, 6) is 0.0718. The van der Waals surface area contributed by atoms with Crippen LogP contribution in [0.15, 0.2) is 0 Å². The molecule has 0 saturated heterocycles. The lowest BCUT2D eigenvalue weighted by Crippen LogP contribution is -2.41. The monoisotopic (exact) mass is 205 g/mol. The molecule has 0 aromatic carbocycles. The number of aliphatic hydroxyl groups excluding tert-OH is 1. The molecule has 0 bridgehead atoms. The lowest BCUT2D eigenvalue weighted by atomic mass is 10.2. The zero-order valence-corrected chi connectivity index (χ0v) is 9.36. The molecule has 2 unspecified atom stereocenters. The molecular weight excluding hydrogens is 186 g/mol. The molecule has 0 spiro atoms. The number of carbonyl (C=O) groups is 1. The highest BCUT2D eigenvalue weighted by Crippen LogP contribution is 2.10. The summed E-state index contributed by atoms with van der Waals surface area (Å²) in [4.78, 5) is 11.2. The van der Waals surface area contributed by atoms with Gasteiger partial charge in [-0.05, 0) is 19.6 Å². The number of hydrogen-bond donors (Lipinski definition) is 2. The van der Waals surface area contributed by atoms with Gasteiger partial charge in [0.2, 0.25) is 5.91 Å². The average molecular weight is 205 g/mol. The van der Waals surface area contributed by atoms with Gasteiger partial charge in [0.05, 0.1) is 6.61 Å². The van der Waals surface area contributed by atoms with Gasteiger partial charge in [-0.1, -0.05) is 6.92 Å². The first-order valence-corrected chi connectivity index (χ1v) is 5.87. The number of thioether (sulfide) groups is 1. The Hall–Kier alpha value is -0.220. The summed E-state index contributed by atoms with van der Waals surface area (Å²) in [6.07, 6.45) is 3.36. The molecule has 3 nitrogen and oxygen atoms in total. The Morgan fingerprint density at radius 1 is 1.62 bits per heavy atom. The van der Waals surface area contributed by atoms with Gasteiger partial charge < -0.3 is 10.4 Å². The first-order chi connectivity index (χ1) is 6.15. The molecule has 13 heavy (non-hydrogen) atoms. The zero-order valence-electron chi connectivity index (χ0n) is 8.54. The molecule has 78 valence electrons. The maximum Gasteiger partial charge on any atom is 0.220 e. The summed E-state index contributed by atoms with van der Waals surface area (Å²) >= 11 is 1.57. The Balaban J connectivity index is 3.82. The Kier molecular flexibility index (Phi) is 7.09. The molecule has 0 fully saturated rings. The first kappa shape index (κ1) is 12.8. The molecule has 0 aromatic rings. The van der Waals surface area contributed by atoms with Crippen LogP contribution in [0.3, 0.4) is 0 Å². The molecule has 0 radical (unpaired) electrons. The third kappa shape index (κ3) is 5.16. The molecule has 1 amide bonds. The van der Waals surface area contributed by atoms with E-state index in [9.17, 15) is 4.79 Å². The predicted molar refractivity (Wildman–Crippen MR) is 56.9 cm³/mol. The van der Waals surface area contributed by atoms with Crippen molar-refractivity contribution < 1.29 is 9.90 Å². The molecule has 0 aliphatic carbocycles. The summed E-state index contributed by atoms with van der Waals surface area (Å²) in [6, 6.07) is 0.0408. The van der Waals surface area contributed by atoms with Crippen molar-refractivity contribution in [3.05, 3.63) is 0 Å². The number of hydrogen-bond acceptors (Lipinski definition) is 3. The van der Waals surface area contributed by atoms with Gasteiger partial charge in [0.15, 0.2) is 0 Å². The van der Waals surface area contributed by atoms with Crippen LogP contribution in [0.1, 0.15) is 26.7 Å². The Morgan fingerprint density at radius 3 is 2.62 bits per heavy atom. The van der Waals surface area contributed by atoms with Crippen LogP contribution >= 0.6 is 11.8 Å². The van der Waals surface area contributed by atoms with Gasteiger partial charge in [-0.15, -0.1) is 0 Å². The zero-order chi connectivity index (χ0) is 10.3. The minimum atomic E-state index is 0.0408. The van der Waals surface area contributed by atoms with Crippen LogP contribution in [-0.4, -0.2) is 35.2 Å². The normalized spacial score (nSPS) is 15.1. The van der Waals surface area contributed by atoms with Crippen LogP contribution in [0.4, 0.5) is 0 Å². The van der Waals surface area contributed by atoms with Crippen molar-refractivity contribution in [2.75, 3.05) is 12.9 Å². The minimum absolute atomic E-state index is 0.0408.